The highest BCUT2D eigenvalue weighted by atomic mass is 35.5. The Kier molecular flexibility index (Phi) is 7.26. The Morgan fingerprint density at radius 1 is 0.633 bits per heavy atom. The van der Waals surface area contributed by atoms with Crippen LogP contribution in [-0.2, 0) is 0 Å². The van der Waals surface area contributed by atoms with Gasteiger partial charge in [0, 0.05) is 21.0 Å². The van der Waals surface area contributed by atoms with Gasteiger partial charge in [-0.1, -0.05) is 59.6 Å². The monoisotopic (exact) mass is 469 g/mol. The van der Waals surface area contributed by atoms with E-state index in [1.807, 2.05) is 72.8 Å². The van der Waals surface area contributed by atoms with Crippen molar-refractivity contribution in [3.8, 4) is 0 Å². The molecule has 0 fully saturated rings. The zero-order valence-corrected chi connectivity index (χ0v) is 19.1. The largest absolute Gasteiger partial charge is 0.274 e. The third-order valence-corrected chi connectivity index (χ3v) is 6.75. The lowest BCUT2D eigenvalue weighted by atomic mass is 10.2. The summed E-state index contributed by atoms with van der Waals surface area (Å²) in [6.45, 7) is 0. The molecular weight excluding hydrogens is 451 g/mol. The second-order valence-electron chi connectivity index (χ2n) is 6.43. The van der Waals surface area contributed by atoms with Crippen LogP contribution in [0.4, 0.5) is 17.1 Å². The van der Waals surface area contributed by atoms with E-state index in [4.69, 9.17) is 23.2 Å². The average molecular weight is 470 g/mol. The van der Waals surface area contributed by atoms with Crippen molar-refractivity contribution >= 4 is 64.2 Å². The van der Waals surface area contributed by atoms with Crippen molar-refractivity contribution in [2.75, 3.05) is 4.31 Å². The normalized spacial score (nSPS) is 10.7. The number of quaternary nitrogens is 1. The van der Waals surface area contributed by atoms with E-state index in [1.165, 1.54) is 4.90 Å². The lowest BCUT2D eigenvalue weighted by Gasteiger charge is -2.24. The van der Waals surface area contributed by atoms with Crippen LogP contribution in [0.25, 0.3) is 0 Å². The van der Waals surface area contributed by atoms with Crippen LogP contribution >= 0.6 is 47.1 Å². The summed E-state index contributed by atoms with van der Waals surface area (Å²) in [5.74, 6) is 0. The molecule has 30 heavy (non-hydrogen) atoms. The minimum absolute atomic E-state index is 0.694. The van der Waals surface area contributed by atoms with Gasteiger partial charge in [-0.2, -0.15) is 0 Å². The maximum absolute atomic E-state index is 6.42. The van der Waals surface area contributed by atoms with Crippen molar-refractivity contribution in [3.05, 3.63) is 113 Å². The third kappa shape index (κ3) is 5.54. The van der Waals surface area contributed by atoms with E-state index in [1.54, 1.807) is 23.9 Å². The molecule has 0 aliphatic carbocycles. The van der Waals surface area contributed by atoms with Gasteiger partial charge in [0.2, 0.25) is 0 Å². The van der Waals surface area contributed by atoms with Gasteiger partial charge in [-0.15, -0.1) is 0 Å². The zero-order valence-electron chi connectivity index (χ0n) is 15.9. The van der Waals surface area contributed by atoms with E-state index < -0.39 is 0 Å². The fourth-order valence-electron chi connectivity index (χ4n) is 2.83. The molecule has 0 aromatic heterocycles. The molecule has 0 saturated carbocycles. The molecule has 0 aliphatic heterocycles. The number of halogens is 2. The number of hydrogen-bond donors (Lipinski definition) is 1. The summed E-state index contributed by atoms with van der Waals surface area (Å²) in [6, 6.07) is 34.5. The summed E-state index contributed by atoms with van der Waals surface area (Å²) in [5, 5.41) is 1.40. The molecule has 2 nitrogen and oxygen atoms in total. The van der Waals surface area contributed by atoms with Gasteiger partial charge in [-0.25, -0.2) is 4.72 Å². The Bertz CT molecular complexity index is 1090. The molecule has 0 heterocycles. The highest BCUT2D eigenvalue weighted by Gasteiger charge is 2.19. The molecule has 2 N–H and O–H groups in total. The van der Waals surface area contributed by atoms with Crippen LogP contribution in [0.1, 0.15) is 0 Å². The Balaban J connectivity index is 1.71. The van der Waals surface area contributed by atoms with Crippen molar-refractivity contribution in [2.24, 2.45) is 0 Å². The average Bonchev–Trinajstić information content (AvgIpc) is 2.79. The minimum atomic E-state index is 0.694. The highest BCUT2D eigenvalue weighted by Crippen LogP contribution is 2.41. The summed E-state index contributed by atoms with van der Waals surface area (Å²) < 4.78 is 4.35. The topological polar surface area (TPSA) is 19.9 Å². The Morgan fingerprint density at radius 2 is 1.23 bits per heavy atom. The fraction of sp³-hybridized carbons (Fsp3) is 0. The number of nitrogens with two attached hydrogens (primary N) is 1. The molecule has 0 bridgehead atoms. The predicted octanol–water partition coefficient (Wildman–Crippen LogP) is 7.74. The van der Waals surface area contributed by atoms with Gasteiger partial charge >= 0.3 is 0 Å². The summed E-state index contributed by atoms with van der Waals surface area (Å²) in [4.78, 5) is 2.32. The lowest BCUT2D eigenvalue weighted by molar-refractivity contribution is -0.376. The van der Waals surface area contributed by atoms with E-state index in [2.05, 4.69) is 39.4 Å². The Morgan fingerprint density at radius 3 is 1.90 bits per heavy atom. The van der Waals surface area contributed by atoms with Gasteiger partial charge in [0.15, 0.2) is 5.69 Å². The van der Waals surface area contributed by atoms with E-state index in [0.717, 1.165) is 22.0 Å². The van der Waals surface area contributed by atoms with Crippen molar-refractivity contribution in [3.63, 3.8) is 0 Å². The van der Waals surface area contributed by atoms with Crippen molar-refractivity contribution in [1.29, 1.82) is 0 Å². The quantitative estimate of drug-likeness (QED) is 0.220. The van der Waals surface area contributed by atoms with E-state index in [-0.39, 0.29) is 0 Å². The number of benzene rings is 4. The van der Waals surface area contributed by atoms with Crippen LogP contribution < -0.4 is 9.03 Å². The molecule has 0 atom stereocenters. The van der Waals surface area contributed by atoms with Gasteiger partial charge in [-0.3, -0.25) is 4.31 Å². The molecule has 4 aromatic carbocycles. The number of hydrogen-bond acceptors (Lipinski definition) is 3. The third-order valence-electron chi connectivity index (χ3n) is 4.28. The van der Waals surface area contributed by atoms with Crippen LogP contribution in [0, 0.1) is 0 Å². The minimum Gasteiger partial charge on any atom is -0.274 e. The standard InChI is InChI=1S/C24H18Cl2N2S2/c25-18-11-14-20(15-12-18)28(30-22-9-5-2-6-10-22)24-17-19(26)13-16-23(24)27-29-21-7-3-1-4-8-21/h1-17,27H/p+1. The number of rotatable bonds is 7. The van der Waals surface area contributed by atoms with Crippen molar-refractivity contribution in [1.82, 2.24) is 0 Å². The van der Waals surface area contributed by atoms with E-state index >= 15 is 0 Å². The first-order valence-corrected chi connectivity index (χ1v) is 11.7. The van der Waals surface area contributed by atoms with E-state index in [0.29, 0.717) is 10.0 Å². The second kappa shape index (κ2) is 10.3. The fourth-order valence-corrected chi connectivity index (χ4v) is 4.87. The molecule has 0 aliphatic rings. The van der Waals surface area contributed by atoms with Gasteiger partial charge in [0.25, 0.3) is 0 Å². The molecule has 4 rings (SSSR count). The highest BCUT2D eigenvalue weighted by molar-refractivity contribution is 8.01. The van der Waals surface area contributed by atoms with Crippen LogP contribution in [0.15, 0.2) is 113 Å². The summed E-state index contributed by atoms with van der Waals surface area (Å²) in [7, 11) is 0. The molecule has 0 spiro atoms. The van der Waals surface area contributed by atoms with Crippen LogP contribution in [0.5, 0.6) is 0 Å². The smallest absolute Gasteiger partial charge is 0.166 e. The molecule has 150 valence electrons. The van der Waals surface area contributed by atoms with Crippen molar-refractivity contribution < 1.29 is 4.72 Å². The lowest BCUT2D eigenvalue weighted by Crippen LogP contribution is -2.68. The maximum Gasteiger partial charge on any atom is 0.166 e. The summed E-state index contributed by atoms with van der Waals surface area (Å²) in [5.41, 5.74) is 3.13. The first kappa shape index (κ1) is 21.2. The number of nitrogens with zero attached hydrogens (tertiary/aromatic N) is 1. The summed E-state index contributed by atoms with van der Waals surface area (Å²) in [6.07, 6.45) is 0. The molecule has 0 radical (unpaired) electrons. The number of anilines is 2. The van der Waals surface area contributed by atoms with Crippen LogP contribution in [0.2, 0.25) is 10.0 Å². The molecular formula is C24H19Cl2N2S2+. The molecule has 4 aromatic rings. The van der Waals surface area contributed by atoms with Crippen LogP contribution in [-0.4, -0.2) is 0 Å². The van der Waals surface area contributed by atoms with E-state index in [9.17, 15) is 0 Å². The first-order valence-electron chi connectivity index (χ1n) is 9.32. The predicted molar refractivity (Wildman–Crippen MR) is 131 cm³/mol. The summed E-state index contributed by atoms with van der Waals surface area (Å²) >= 11 is 15.9. The van der Waals surface area contributed by atoms with Gasteiger partial charge < -0.3 is 0 Å². The van der Waals surface area contributed by atoms with Gasteiger partial charge in [0.1, 0.15) is 17.6 Å². The van der Waals surface area contributed by atoms with Crippen LogP contribution in [0.3, 0.4) is 0 Å². The van der Waals surface area contributed by atoms with Crippen molar-refractivity contribution in [2.45, 2.75) is 9.79 Å². The molecule has 0 unspecified atom stereocenters. The SMILES string of the molecule is Clc1ccc(N(Sc2ccccc2)c2cc(Cl)ccc2[NH2+]Sc2ccccc2)cc1. The maximum atomic E-state index is 6.42. The second-order valence-corrected chi connectivity index (χ2v) is 9.26. The van der Waals surface area contributed by atoms with Gasteiger partial charge in [0.05, 0.1) is 10.6 Å². The van der Waals surface area contributed by atoms with Gasteiger partial charge in [-0.05, 0) is 72.6 Å². The molecule has 0 amide bonds. The zero-order chi connectivity index (χ0) is 20.8. The first-order chi connectivity index (χ1) is 14.7. The molecule has 0 saturated heterocycles. The Hall–Kier alpha value is -2.08. The molecule has 6 heteroatoms. The Labute approximate surface area is 195 Å².